The van der Waals surface area contributed by atoms with Crippen molar-refractivity contribution in [2.45, 2.75) is 31.2 Å². The maximum Gasteiger partial charge on any atom is 0.203 e. The second kappa shape index (κ2) is 5.54. The topological polar surface area (TPSA) is 60.2 Å². The van der Waals surface area contributed by atoms with Crippen LogP contribution in [0.4, 0.5) is 0 Å². The summed E-state index contributed by atoms with van der Waals surface area (Å²) >= 11 is 3.35. The zero-order chi connectivity index (χ0) is 14.2. The number of aromatic nitrogens is 3. The van der Waals surface area contributed by atoms with E-state index in [1.165, 1.54) is 0 Å². The van der Waals surface area contributed by atoms with Crippen molar-refractivity contribution in [2.24, 2.45) is 7.05 Å². The molecule has 110 valence electrons. The highest BCUT2D eigenvalue weighted by Gasteiger charge is 2.48. The maximum absolute atomic E-state index is 13.2. The molecule has 1 saturated heterocycles. The minimum atomic E-state index is -0.387. The van der Waals surface area contributed by atoms with Crippen molar-refractivity contribution in [3.8, 4) is 0 Å². The number of hydrogen-bond donors (Lipinski definition) is 0. The van der Waals surface area contributed by atoms with Crippen LogP contribution < -0.4 is 0 Å². The molecule has 0 bridgehead atoms. The number of Topliss-reactive ketones (excluding diaryl/α,β-unsaturated/α-hetero) is 1. The summed E-state index contributed by atoms with van der Waals surface area (Å²) in [6, 6.07) is 0. The lowest BCUT2D eigenvalue weighted by Crippen LogP contribution is -2.57. The largest absolute Gasteiger partial charge is 0.379 e. The van der Waals surface area contributed by atoms with Gasteiger partial charge in [-0.25, -0.2) is 4.68 Å². The van der Waals surface area contributed by atoms with Gasteiger partial charge >= 0.3 is 0 Å². The van der Waals surface area contributed by atoms with Crippen molar-refractivity contribution in [1.82, 2.24) is 19.9 Å². The van der Waals surface area contributed by atoms with Gasteiger partial charge in [0.1, 0.15) is 5.69 Å². The van der Waals surface area contributed by atoms with Crippen molar-refractivity contribution < 1.29 is 9.53 Å². The van der Waals surface area contributed by atoms with Crippen LogP contribution in [-0.4, -0.2) is 57.5 Å². The smallest absolute Gasteiger partial charge is 0.203 e. The van der Waals surface area contributed by atoms with Crippen LogP contribution in [0, 0.1) is 0 Å². The molecule has 2 aliphatic rings. The van der Waals surface area contributed by atoms with Gasteiger partial charge in [-0.3, -0.25) is 9.69 Å². The summed E-state index contributed by atoms with van der Waals surface area (Å²) in [5.74, 6) is 0.149. The molecule has 0 unspecified atom stereocenters. The number of carbonyl (C=O) groups excluding carboxylic acids is 1. The quantitative estimate of drug-likeness (QED) is 0.777. The lowest BCUT2D eigenvalue weighted by Gasteiger charge is -2.42. The van der Waals surface area contributed by atoms with Crippen LogP contribution in [0.15, 0.2) is 4.60 Å². The van der Waals surface area contributed by atoms with E-state index in [1.54, 1.807) is 11.7 Å². The van der Waals surface area contributed by atoms with Gasteiger partial charge in [0.05, 0.1) is 18.8 Å². The summed E-state index contributed by atoms with van der Waals surface area (Å²) in [5.41, 5.74) is 0.195. The van der Waals surface area contributed by atoms with Crippen molar-refractivity contribution in [3.05, 3.63) is 10.3 Å². The third kappa shape index (κ3) is 2.21. The van der Waals surface area contributed by atoms with E-state index < -0.39 is 0 Å². The fourth-order valence-corrected chi connectivity index (χ4v) is 3.94. The summed E-state index contributed by atoms with van der Waals surface area (Å²) in [6.07, 6.45) is 4.05. The van der Waals surface area contributed by atoms with Crippen LogP contribution in [0.3, 0.4) is 0 Å². The van der Waals surface area contributed by atoms with Crippen molar-refractivity contribution >= 4 is 21.7 Å². The first-order valence-electron chi connectivity index (χ1n) is 7.08. The Kier molecular flexibility index (Phi) is 3.92. The predicted molar refractivity (Wildman–Crippen MR) is 76.6 cm³/mol. The molecule has 1 aromatic rings. The van der Waals surface area contributed by atoms with E-state index in [-0.39, 0.29) is 11.3 Å². The minimum Gasteiger partial charge on any atom is -0.379 e. The Morgan fingerprint density at radius 3 is 2.50 bits per heavy atom. The Morgan fingerprint density at radius 1 is 1.30 bits per heavy atom. The van der Waals surface area contributed by atoms with E-state index in [1.807, 2.05) is 0 Å². The highest BCUT2D eigenvalue weighted by atomic mass is 79.9. The fourth-order valence-electron chi connectivity index (χ4n) is 3.43. The third-order valence-corrected chi connectivity index (χ3v) is 5.00. The molecule has 1 aliphatic carbocycles. The number of morpholine rings is 1. The molecule has 0 spiro atoms. The monoisotopic (exact) mass is 342 g/mol. The van der Waals surface area contributed by atoms with Gasteiger partial charge in [-0.2, -0.15) is 0 Å². The maximum atomic E-state index is 13.2. The number of hydrogen-bond acceptors (Lipinski definition) is 5. The Hall–Kier alpha value is -0.790. The molecule has 0 amide bonds. The fraction of sp³-hybridized carbons (Fsp3) is 0.769. The zero-order valence-corrected chi connectivity index (χ0v) is 13.2. The highest BCUT2D eigenvalue weighted by molar-refractivity contribution is 9.10. The SMILES string of the molecule is Cn1nnc(Br)c1C(=O)C1(N2CCOCC2)CCCC1. The van der Waals surface area contributed by atoms with E-state index in [4.69, 9.17) is 4.74 Å². The van der Waals surface area contributed by atoms with E-state index in [0.717, 1.165) is 38.8 Å². The van der Waals surface area contributed by atoms with Gasteiger partial charge in [0.15, 0.2) is 4.60 Å². The van der Waals surface area contributed by atoms with Gasteiger partial charge < -0.3 is 4.74 Å². The first-order chi connectivity index (χ1) is 9.65. The first kappa shape index (κ1) is 14.2. The average molecular weight is 343 g/mol. The van der Waals surface area contributed by atoms with E-state index in [0.29, 0.717) is 23.5 Å². The van der Waals surface area contributed by atoms with Crippen molar-refractivity contribution in [1.29, 1.82) is 0 Å². The lowest BCUT2D eigenvalue weighted by atomic mass is 9.87. The number of carbonyl (C=O) groups is 1. The summed E-state index contributed by atoms with van der Waals surface area (Å²) < 4.78 is 7.55. The molecule has 0 aromatic carbocycles. The standard InChI is InChI=1S/C13H19BrN4O2/c1-17-10(12(14)15-16-17)11(19)13(4-2-3-5-13)18-6-8-20-9-7-18/h2-9H2,1H3. The molecular weight excluding hydrogens is 324 g/mol. The number of nitrogens with zero attached hydrogens (tertiary/aromatic N) is 4. The molecule has 2 heterocycles. The normalized spacial score (nSPS) is 23.1. The van der Waals surface area contributed by atoms with Gasteiger partial charge in [-0.15, -0.1) is 5.10 Å². The van der Waals surface area contributed by atoms with E-state index in [9.17, 15) is 4.79 Å². The molecule has 0 atom stereocenters. The van der Waals surface area contributed by atoms with Gasteiger partial charge in [0.2, 0.25) is 5.78 Å². The van der Waals surface area contributed by atoms with Crippen LogP contribution in [0.1, 0.15) is 36.2 Å². The Labute approximate surface area is 126 Å². The molecular formula is C13H19BrN4O2. The number of aryl methyl sites for hydroxylation is 1. The number of ether oxygens (including phenoxy) is 1. The highest BCUT2D eigenvalue weighted by Crippen LogP contribution is 2.39. The van der Waals surface area contributed by atoms with Gasteiger partial charge in [-0.05, 0) is 28.8 Å². The molecule has 1 aromatic heterocycles. The summed E-state index contributed by atoms with van der Waals surface area (Å²) in [6.45, 7) is 3.07. The lowest BCUT2D eigenvalue weighted by molar-refractivity contribution is -0.0134. The second-order valence-electron chi connectivity index (χ2n) is 5.52. The van der Waals surface area contributed by atoms with Crippen LogP contribution in [-0.2, 0) is 11.8 Å². The van der Waals surface area contributed by atoms with Crippen molar-refractivity contribution in [2.75, 3.05) is 26.3 Å². The molecule has 20 heavy (non-hydrogen) atoms. The zero-order valence-electron chi connectivity index (χ0n) is 11.6. The van der Waals surface area contributed by atoms with Gasteiger partial charge in [-0.1, -0.05) is 18.1 Å². The molecule has 1 aliphatic heterocycles. The summed E-state index contributed by atoms with van der Waals surface area (Å²) in [5, 5.41) is 7.89. The molecule has 7 heteroatoms. The number of halogens is 1. The first-order valence-corrected chi connectivity index (χ1v) is 7.87. The van der Waals surface area contributed by atoms with E-state index >= 15 is 0 Å². The van der Waals surface area contributed by atoms with Crippen molar-refractivity contribution in [3.63, 3.8) is 0 Å². The molecule has 0 radical (unpaired) electrons. The number of ketones is 1. The van der Waals surface area contributed by atoms with Crippen LogP contribution in [0.2, 0.25) is 0 Å². The molecule has 2 fully saturated rings. The number of rotatable bonds is 3. The molecule has 3 rings (SSSR count). The van der Waals surface area contributed by atoms with E-state index in [2.05, 4.69) is 31.1 Å². The Balaban J connectivity index is 1.96. The summed E-state index contributed by atoms with van der Waals surface area (Å²) in [7, 11) is 1.77. The Bertz CT molecular complexity index is 485. The Morgan fingerprint density at radius 2 is 1.95 bits per heavy atom. The van der Waals surface area contributed by atoms with Crippen LogP contribution in [0.5, 0.6) is 0 Å². The second-order valence-corrected chi connectivity index (χ2v) is 6.27. The molecule has 1 saturated carbocycles. The molecule has 6 nitrogen and oxygen atoms in total. The van der Waals surface area contributed by atoms with Crippen LogP contribution >= 0.6 is 15.9 Å². The van der Waals surface area contributed by atoms with Gasteiger partial charge in [0.25, 0.3) is 0 Å². The minimum absolute atomic E-state index is 0.149. The average Bonchev–Trinajstić information content (AvgIpc) is 3.08. The summed E-state index contributed by atoms with van der Waals surface area (Å²) in [4.78, 5) is 15.5. The van der Waals surface area contributed by atoms with Gasteiger partial charge in [0, 0.05) is 20.1 Å². The van der Waals surface area contributed by atoms with Crippen LogP contribution in [0.25, 0.3) is 0 Å². The third-order valence-electron chi connectivity index (χ3n) is 4.47. The predicted octanol–water partition coefficient (Wildman–Crippen LogP) is 1.41. The molecule has 0 N–H and O–H groups in total.